The van der Waals surface area contributed by atoms with Crippen LogP contribution in [0.2, 0.25) is 0 Å². The fraction of sp³-hybridized carbons (Fsp3) is 0.100. The van der Waals surface area contributed by atoms with E-state index in [0.29, 0.717) is 17.9 Å². The summed E-state index contributed by atoms with van der Waals surface area (Å²) in [6, 6.07) is 11.7. The lowest BCUT2D eigenvalue weighted by atomic mass is 10.2. The number of fused-ring (bicyclic) bond motifs is 1. The molecule has 0 radical (unpaired) electrons. The third-order valence-electron chi connectivity index (χ3n) is 4.25. The van der Waals surface area contributed by atoms with Gasteiger partial charge in [-0.3, -0.25) is 9.78 Å². The van der Waals surface area contributed by atoms with Crippen LogP contribution >= 0.6 is 0 Å². The first-order valence-corrected chi connectivity index (χ1v) is 8.09. The minimum atomic E-state index is -0.975. The zero-order valence-electron chi connectivity index (χ0n) is 13.7. The number of aromatic nitrogens is 1. The Balaban J connectivity index is 1.51. The van der Waals surface area contributed by atoms with Gasteiger partial charge in [-0.25, -0.2) is 8.78 Å². The number of hydrogen-bond acceptors (Lipinski definition) is 3. The van der Waals surface area contributed by atoms with E-state index in [1.807, 2.05) is 6.07 Å². The molecule has 130 valence electrons. The van der Waals surface area contributed by atoms with E-state index in [1.54, 1.807) is 41.6 Å². The molecule has 2 aromatic carbocycles. The smallest absolute Gasteiger partial charge is 0.258 e. The molecule has 1 aliphatic rings. The lowest BCUT2D eigenvalue weighted by Gasteiger charge is -2.17. The third-order valence-corrected chi connectivity index (χ3v) is 4.25. The molecule has 0 aliphatic carbocycles. The van der Waals surface area contributed by atoms with Crippen molar-refractivity contribution >= 4 is 11.6 Å². The van der Waals surface area contributed by atoms with Gasteiger partial charge >= 0.3 is 0 Å². The number of benzene rings is 2. The Bertz CT molecular complexity index is 974. The molecule has 0 bridgehead atoms. The SMILES string of the molecule is O=C(c1ccc(Oc2ccc(F)c(F)c2)cc1)N1CCc2cnccc21. The summed E-state index contributed by atoms with van der Waals surface area (Å²) >= 11 is 0. The molecular formula is C20H14F2N2O2. The Morgan fingerprint density at radius 3 is 2.54 bits per heavy atom. The van der Waals surface area contributed by atoms with Gasteiger partial charge in [-0.1, -0.05) is 0 Å². The summed E-state index contributed by atoms with van der Waals surface area (Å²) in [5, 5.41) is 0. The summed E-state index contributed by atoms with van der Waals surface area (Å²) in [5.41, 5.74) is 2.46. The van der Waals surface area contributed by atoms with Crippen LogP contribution in [-0.4, -0.2) is 17.4 Å². The topological polar surface area (TPSA) is 42.4 Å². The first-order chi connectivity index (χ1) is 12.6. The minimum absolute atomic E-state index is 0.102. The predicted molar refractivity (Wildman–Crippen MR) is 92.5 cm³/mol. The maximum Gasteiger partial charge on any atom is 0.258 e. The molecule has 1 aliphatic heterocycles. The number of carbonyl (C=O) groups excluding carboxylic acids is 1. The van der Waals surface area contributed by atoms with Gasteiger partial charge in [0.25, 0.3) is 5.91 Å². The van der Waals surface area contributed by atoms with Crippen LogP contribution in [0.4, 0.5) is 14.5 Å². The van der Waals surface area contributed by atoms with E-state index in [9.17, 15) is 13.6 Å². The molecule has 26 heavy (non-hydrogen) atoms. The second-order valence-corrected chi connectivity index (χ2v) is 5.91. The Morgan fingerprint density at radius 2 is 1.77 bits per heavy atom. The summed E-state index contributed by atoms with van der Waals surface area (Å²) < 4.78 is 31.7. The molecule has 6 heteroatoms. The van der Waals surface area contributed by atoms with Crippen LogP contribution in [0.15, 0.2) is 60.9 Å². The maximum absolute atomic E-state index is 13.2. The summed E-state index contributed by atoms with van der Waals surface area (Å²) in [7, 11) is 0. The van der Waals surface area contributed by atoms with Crippen molar-refractivity contribution in [2.24, 2.45) is 0 Å². The second kappa shape index (κ2) is 6.55. The van der Waals surface area contributed by atoms with E-state index in [-0.39, 0.29) is 11.7 Å². The zero-order chi connectivity index (χ0) is 18.1. The molecule has 0 unspecified atom stereocenters. The molecule has 0 atom stereocenters. The highest BCUT2D eigenvalue weighted by Crippen LogP contribution is 2.29. The fourth-order valence-electron chi connectivity index (χ4n) is 2.94. The second-order valence-electron chi connectivity index (χ2n) is 5.91. The summed E-state index contributed by atoms with van der Waals surface area (Å²) in [4.78, 5) is 18.5. The van der Waals surface area contributed by atoms with Gasteiger partial charge < -0.3 is 9.64 Å². The number of halogens is 2. The lowest BCUT2D eigenvalue weighted by molar-refractivity contribution is 0.0989. The van der Waals surface area contributed by atoms with Gasteiger partial charge in [0, 0.05) is 30.6 Å². The molecule has 4 nitrogen and oxygen atoms in total. The number of anilines is 1. The number of nitrogens with zero attached hydrogens (tertiary/aromatic N) is 2. The number of amides is 1. The van der Waals surface area contributed by atoms with Gasteiger partial charge in [0.1, 0.15) is 11.5 Å². The first kappa shape index (κ1) is 16.2. The van der Waals surface area contributed by atoms with E-state index >= 15 is 0 Å². The summed E-state index contributed by atoms with van der Waals surface area (Å²) in [5.74, 6) is -1.40. The Labute approximate surface area is 148 Å². The van der Waals surface area contributed by atoms with Crippen LogP contribution in [0.5, 0.6) is 11.5 Å². The number of rotatable bonds is 3. The molecule has 0 N–H and O–H groups in total. The highest BCUT2D eigenvalue weighted by Gasteiger charge is 2.25. The van der Waals surface area contributed by atoms with Gasteiger partial charge in [-0.15, -0.1) is 0 Å². The molecule has 0 spiro atoms. The van der Waals surface area contributed by atoms with E-state index in [2.05, 4.69) is 4.98 Å². The molecule has 4 rings (SSSR count). The average Bonchev–Trinajstić information content (AvgIpc) is 3.09. The van der Waals surface area contributed by atoms with Gasteiger partial charge in [-0.2, -0.15) is 0 Å². The fourth-order valence-corrected chi connectivity index (χ4v) is 2.94. The van der Waals surface area contributed by atoms with Crippen molar-refractivity contribution < 1.29 is 18.3 Å². The van der Waals surface area contributed by atoms with Crippen LogP contribution in [0, 0.1) is 11.6 Å². The normalized spacial score (nSPS) is 12.8. The average molecular weight is 352 g/mol. The molecular weight excluding hydrogens is 338 g/mol. The number of pyridine rings is 1. The quantitative estimate of drug-likeness (QED) is 0.704. The highest BCUT2D eigenvalue weighted by atomic mass is 19.2. The largest absolute Gasteiger partial charge is 0.457 e. The van der Waals surface area contributed by atoms with E-state index in [4.69, 9.17) is 4.74 Å². The van der Waals surface area contributed by atoms with Gasteiger partial charge in [-0.05, 0) is 54.4 Å². The van der Waals surface area contributed by atoms with Crippen molar-refractivity contribution in [1.82, 2.24) is 4.98 Å². The van der Waals surface area contributed by atoms with Crippen molar-refractivity contribution in [3.8, 4) is 11.5 Å². The monoisotopic (exact) mass is 352 g/mol. The minimum Gasteiger partial charge on any atom is -0.457 e. The molecule has 1 aromatic heterocycles. The van der Waals surface area contributed by atoms with E-state index < -0.39 is 11.6 Å². The Kier molecular flexibility index (Phi) is 4.08. The van der Waals surface area contributed by atoms with Crippen LogP contribution < -0.4 is 9.64 Å². The van der Waals surface area contributed by atoms with Gasteiger partial charge in [0.05, 0.1) is 5.69 Å². The molecule has 0 saturated heterocycles. The van der Waals surface area contributed by atoms with Crippen LogP contribution in [0.3, 0.4) is 0 Å². The lowest BCUT2D eigenvalue weighted by Crippen LogP contribution is -2.28. The first-order valence-electron chi connectivity index (χ1n) is 8.09. The molecule has 1 amide bonds. The number of carbonyl (C=O) groups is 1. The van der Waals surface area contributed by atoms with E-state index in [1.165, 1.54) is 6.07 Å². The highest BCUT2D eigenvalue weighted by molar-refractivity contribution is 6.07. The van der Waals surface area contributed by atoms with Crippen molar-refractivity contribution in [3.63, 3.8) is 0 Å². The van der Waals surface area contributed by atoms with Crippen molar-refractivity contribution in [2.75, 3.05) is 11.4 Å². The Hall–Kier alpha value is -3.28. The number of ether oxygens (including phenoxy) is 1. The van der Waals surface area contributed by atoms with Crippen molar-refractivity contribution in [3.05, 3.63) is 83.7 Å². The third kappa shape index (κ3) is 3.01. The van der Waals surface area contributed by atoms with Crippen LogP contribution in [0.25, 0.3) is 0 Å². The van der Waals surface area contributed by atoms with Gasteiger partial charge in [0.2, 0.25) is 0 Å². The zero-order valence-corrected chi connectivity index (χ0v) is 13.7. The Morgan fingerprint density at radius 1 is 1.00 bits per heavy atom. The maximum atomic E-state index is 13.2. The number of hydrogen-bond donors (Lipinski definition) is 0. The van der Waals surface area contributed by atoms with Crippen LogP contribution in [-0.2, 0) is 6.42 Å². The van der Waals surface area contributed by atoms with E-state index in [0.717, 1.165) is 29.8 Å². The standard InChI is InChI=1S/C20H14F2N2O2/c21-17-6-5-16(11-18(17)22)26-15-3-1-13(2-4-15)20(25)24-10-8-14-12-23-9-7-19(14)24/h1-7,9,11-12H,8,10H2. The molecule has 3 aromatic rings. The summed E-state index contributed by atoms with van der Waals surface area (Å²) in [6.07, 6.45) is 4.23. The van der Waals surface area contributed by atoms with Crippen molar-refractivity contribution in [1.29, 1.82) is 0 Å². The predicted octanol–water partition coefficient (Wildman–Crippen LogP) is 4.36. The molecule has 0 saturated carbocycles. The summed E-state index contributed by atoms with van der Waals surface area (Å²) in [6.45, 7) is 0.618. The molecule has 2 heterocycles. The van der Waals surface area contributed by atoms with Crippen LogP contribution in [0.1, 0.15) is 15.9 Å². The molecule has 0 fully saturated rings. The van der Waals surface area contributed by atoms with Crippen molar-refractivity contribution in [2.45, 2.75) is 6.42 Å². The van der Waals surface area contributed by atoms with Gasteiger partial charge in [0.15, 0.2) is 11.6 Å².